The third kappa shape index (κ3) is 6.55. The number of anilines is 2. The number of nitrogens with zero attached hydrogens (tertiary/aromatic N) is 1. The number of hydrogen-bond acceptors (Lipinski definition) is 5. The highest BCUT2D eigenvalue weighted by Gasteiger charge is 2.61. The molecule has 1 amide bonds. The number of halogens is 4. The summed E-state index contributed by atoms with van der Waals surface area (Å²) in [6, 6.07) is 14.5. The Kier molecular flexibility index (Phi) is 8.91. The normalized spacial score (nSPS) is 22.4. The lowest BCUT2D eigenvalue weighted by Crippen LogP contribution is -2.45. The molecular weight excluding hydrogens is 605 g/mol. The van der Waals surface area contributed by atoms with E-state index >= 15 is 8.78 Å². The van der Waals surface area contributed by atoms with E-state index in [-0.39, 0.29) is 32.5 Å². The van der Waals surface area contributed by atoms with Gasteiger partial charge in [-0.15, -0.1) is 0 Å². The van der Waals surface area contributed by atoms with Crippen LogP contribution in [0.2, 0.25) is 10.0 Å². The monoisotopic (exact) mass is 634 g/mol. The van der Waals surface area contributed by atoms with Crippen LogP contribution in [0.4, 0.5) is 20.2 Å². The van der Waals surface area contributed by atoms with E-state index in [4.69, 9.17) is 23.2 Å². The van der Waals surface area contributed by atoms with Gasteiger partial charge in [0.25, 0.3) is 0 Å². The lowest BCUT2D eigenvalue weighted by atomic mass is 9.62. The molecule has 4 atom stereocenters. The van der Waals surface area contributed by atoms with E-state index < -0.39 is 56.4 Å². The van der Waals surface area contributed by atoms with Crippen LogP contribution in [0.3, 0.4) is 0 Å². The number of sulfonamides is 1. The average molecular weight is 636 g/mol. The summed E-state index contributed by atoms with van der Waals surface area (Å²) in [7, 11) is -3.58. The van der Waals surface area contributed by atoms with Crippen LogP contribution >= 0.6 is 23.2 Å². The summed E-state index contributed by atoms with van der Waals surface area (Å²) < 4.78 is 57.3. The van der Waals surface area contributed by atoms with Crippen molar-refractivity contribution in [3.63, 3.8) is 0 Å². The lowest BCUT2D eigenvalue weighted by molar-refractivity contribution is -0.118. The first-order chi connectivity index (χ1) is 19.6. The number of carbonyl (C=O) groups excluding carboxylic acids is 1. The van der Waals surface area contributed by atoms with Gasteiger partial charge in [-0.3, -0.25) is 9.52 Å². The van der Waals surface area contributed by atoms with Gasteiger partial charge in [0.1, 0.15) is 17.0 Å². The number of nitrogens with one attached hydrogen (secondary N) is 3. The summed E-state index contributed by atoms with van der Waals surface area (Å²) in [5, 5.41) is 16.8. The Morgan fingerprint density at radius 3 is 2.36 bits per heavy atom. The molecule has 0 spiro atoms. The van der Waals surface area contributed by atoms with Crippen molar-refractivity contribution >= 4 is 50.5 Å². The minimum atomic E-state index is -3.58. The molecule has 12 heteroatoms. The Morgan fingerprint density at radius 1 is 1.07 bits per heavy atom. The van der Waals surface area contributed by atoms with Gasteiger partial charge in [0.2, 0.25) is 15.9 Å². The first kappa shape index (κ1) is 31.7. The quantitative estimate of drug-likeness (QED) is 0.271. The van der Waals surface area contributed by atoms with Crippen molar-refractivity contribution in [3.05, 3.63) is 93.5 Å². The van der Waals surface area contributed by atoms with E-state index in [1.54, 1.807) is 12.1 Å². The Hall–Kier alpha value is -3.23. The number of carbonyl (C=O) groups is 1. The van der Waals surface area contributed by atoms with E-state index in [1.165, 1.54) is 42.5 Å². The second-order valence-electron chi connectivity index (χ2n) is 11.6. The van der Waals surface area contributed by atoms with Gasteiger partial charge < -0.3 is 10.6 Å². The van der Waals surface area contributed by atoms with Crippen molar-refractivity contribution in [3.8, 4) is 6.07 Å². The van der Waals surface area contributed by atoms with Gasteiger partial charge in [-0.1, -0.05) is 68.2 Å². The summed E-state index contributed by atoms with van der Waals surface area (Å²) in [4.78, 5) is 14.0. The van der Waals surface area contributed by atoms with Gasteiger partial charge in [-0.2, -0.15) is 5.26 Å². The van der Waals surface area contributed by atoms with Crippen LogP contribution in [0, 0.1) is 28.4 Å². The molecule has 7 nitrogen and oxygen atoms in total. The van der Waals surface area contributed by atoms with E-state index in [9.17, 15) is 18.5 Å². The van der Waals surface area contributed by atoms with Gasteiger partial charge in [0.15, 0.2) is 0 Å². The van der Waals surface area contributed by atoms with Gasteiger partial charge in [-0.25, -0.2) is 17.2 Å². The SMILES string of the molecule is CC(C)(C)C[C@@H]1N[C@@H](C(=O)Nc2cccc(NS(C)(=O)=O)c2)[C@H](c2cccc(Cl)c2F)[C@@]1(C#N)c1ccc(Cl)cc1F. The Bertz CT molecular complexity index is 1670. The molecule has 0 aliphatic carbocycles. The first-order valence-electron chi connectivity index (χ1n) is 13.0. The number of nitriles is 1. The third-order valence-corrected chi connectivity index (χ3v) is 8.30. The molecule has 0 aromatic heterocycles. The van der Waals surface area contributed by atoms with Crippen molar-refractivity contribution in [1.29, 1.82) is 5.26 Å². The van der Waals surface area contributed by atoms with Crippen LogP contribution < -0.4 is 15.4 Å². The van der Waals surface area contributed by atoms with E-state index in [1.807, 2.05) is 20.8 Å². The fraction of sp³-hybridized carbons (Fsp3) is 0.333. The summed E-state index contributed by atoms with van der Waals surface area (Å²) in [6.07, 6.45) is 1.32. The van der Waals surface area contributed by atoms with Gasteiger partial charge >= 0.3 is 0 Å². The predicted molar refractivity (Wildman–Crippen MR) is 161 cm³/mol. The maximum absolute atomic E-state index is 15.8. The molecule has 0 unspecified atom stereocenters. The molecule has 1 saturated heterocycles. The molecule has 4 rings (SSSR count). The van der Waals surface area contributed by atoms with Crippen LogP contribution in [0.25, 0.3) is 0 Å². The second-order valence-corrected chi connectivity index (χ2v) is 14.2. The molecule has 42 heavy (non-hydrogen) atoms. The summed E-state index contributed by atoms with van der Waals surface area (Å²) in [5.74, 6) is -3.46. The predicted octanol–water partition coefficient (Wildman–Crippen LogP) is 6.60. The van der Waals surface area contributed by atoms with Gasteiger partial charge in [-0.05, 0) is 53.8 Å². The van der Waals surface area contributed by atoms with Crippen molar-refractivity contribution in [1.82, 2.24) is 5.32 Å². The molecule has 1 aliphatic rings. The van der Waals surface area contributed by atoms with E-state index in [2.05, 4.69) is 21.4 Å². The minimum Gasteiger partial charge on any atom is -0.325 e. The number of benzene rings is 3. The summed E-state index contributed by atoms with van der Waals surface area (Å²) in [6.45, 7) is 5.83. The summed E-state index contributed by atoms with van der Waals surface area (Å²) >= 11 is 12.2. The fourth-order valence-electron chi connectivity index (χ4n) is 5.65. The highest BCUT2D eigenvalue weighted by Crippen LogP contribution is 2.52. The second kappa shape index (κ2) is 11.8. The highest BCUT2D eigenvalue weighted by molar-refractivity contribution is 7.92. The Morgan fingerprint density at radius 2 is 1.74 bits per heavy atom. The van der Waals surface area contributed by atoms with Crippen LogP contribution in [-0.2, 0) is 20.2 Å². The molecule has 1 heterocycles. The van der Waals surface area contributed by atoms with Crippen molar-refractivity contribution in [2.75, 3.05) is 16.3 Å². The zero-order valence-corrected chi connectivity index (χ0v) is 25.6. The Balaban J connectivity index is 1.91. The van der Waals surface area contributed by atoms with E-state index in [0.29, 0.717) is 6.42 Å². The number of rotatable bonds is 7. The molecule has 3 aromatic carbocycles. The zero-order chi connectivity index (χ0) is 31.0. The fourth-order valence-corrected chi connectivity index (χ4v) is 6.55. The Labute approximate surface area is 254 Å². The lowest BCUT2D eigenvalue weighted by Gasteiger charge is -2.37. The van der Waals surface area contributed by atoms with Crippen molar-refractivity contribution < 1.29 is 22.0 Å². The minimum absolute atomic E-state index is 0.0322. The molecule has 3 N–H and O–H groups in total. The molecule has 3 aromatic rings. The molecule has 1 aliphatic heterocycles. The van der Waals surface area contributed by atoms with Crippen molar-refractivity contribution in [2.24, 2.45) is 5.41 Å². The smallest absolute Gasteiger partial charge is 0.242 e. The molecule has 0 saturated carbocycles. The largest absolute Gasteiger partial charge is 0.325 e. The van der Waals surface area contributed by atoms with E-state index in [0.717, 1.165) is 12.3 Å². The number of amides is 1. The average Bonchev–Trinajstić information content (AvgIpc) is 3.18. The topological polar surface area (TPSA) is 111 Å². The number of hydrogen-bond donors (Lipinski definition) is 3. The van der Waals surface area contributed by atoms with Crippen molar-refractivity contribution in [2.45, 2.75) is 50.6 Å². The maximum atomic E-state index is 15.8. The standard InChI is InChI=1S/C30H30Cl2F2N4O3S/c1-29(2,3)15-24-30(16-35,21-12-11-17(31)13-23(21)33)25(20-9-6-10-22(32)26(20)34)27(37-24)28(39)36-18-7-5-8-19(14-18)38-42(4,40)41/h5-14,24-25,27,37-38H,15H2,1-4H3,(H,36,39)/t24-,25-,27+,30-/m0/s1. The van der Waals surface area contributed by atoms with Crippen LogP contribution in [0.1, 0.15) is 44.2 Å². The van der Waals surface area contributed by atoms with Gasteiger partial charge in [0.05, 0.1) is 29.1 Å². The van der Waals surface area contributed by atoms with Gasteiger partial charge in [0, 0.05) is 28.2 Å². The highest BCUT2D eigenvalue weighted by atomic mass is 35.5. The van der Waals surface area contributed by atoms with Crippen LogP contribution in [0.5, 0.6) is 0 Å². The maximum Gasteiger partial charge on any atom is 0.242 e. The molecule has 0 bridgehead atoms. The summed E-state index contributed by atoms with van der Waals surface area (Å²) in [5.41, 5.74) is -1.76. The molecular formula is C30H30Cl2F2N4O3S. The molecule has 0 radical (unpaired) electrons. The molecule has 222 valence electrons. The van der Waals surface area contributed by atoms with Crippen LogP contribution in [-0.4, -0.2) is 32.7 Å². The zero-order valence-electron chi connectivity index (χ0n) is 23.3. The first-order valence-corrected chi connectivity index (χ1v) is 15.7. The third-order valence-electron chi connectivity index (χ3n) is 7.16. The van der Waals surface area contributed by atoms with Crippen LogP contribution in [0.15, 0.2) is 60.7 Å². The molecule has 1 fully saturated rings.